The first-order chi connectivity index (χ1) is 20.2. The molecule has 0 aliphatic carbocycles. The van der Waals surface area contributed by atoms with Gasteiger partial charge in [-0.2, -0.15) is 0 Å². The number of nitrogens with zero attached hydrogens (tertiary/aromatic N) is 3. The molecule has 2 rings (SSSR count). The molecule has 0 saturated carbocycles. The molecule has 0 radical (unpaired) electrons. The Labute approximate surface area is 255 Å². The van der Waals surface area contributed by atoms with Crippen molar-refractivity contribution in [2.75, 3.05) is 27.0 Å². The molecule has 10 nitrogen and oxygen atoms in total. The molecule has 0 heterocycles. The molecule has 3 amide bonds. The van der Waals surface area contributed by atoms with Crippen LogP contribution in [-0.4, -0.2) is 77.4 Å². The van der Waals surface area contributed by atoms with Crippen LogP contribution >= 0.6 is 0 Å². The molecule has 0 aliphatic rings. The molecule has 0 saturated heterocycles. The zero-order valence-corrected chi connectivity index (χ0v) is 27.3. The Kier molecular flexibility index (Phi) is 12.7. The molecular formula is C33H47N3O7. The van der Waals surface area contributed by atoms with Crippen molar-refractivity contribution < 1.29 is 33.4 Å². The lowest BCUT2D eigenvalue weighted by Gasteiger charge is -2.41. The van der Waals surface area contributed by atoms with E-state index in [2.05, 4.69) is 0 Å². The molecule has 0 N–H and O–H groups in total. The van der Waals surface area contributed by atoms with Gasteiger partial charge in [0.25, 0.3) is 11.8 Å². The van der Waals surface area contributed by atoms with Crippen molar-refractivity contribution in [2.24, 2.45) is 0 Å². The molecule has 236 valence electrons. The predicted octanol–water partition coefficient (Wildman–Crippen LogP) is 6.07. The van der Waals surface area contributed by atoms with Crippen LogP contribution in [0.2, 0.25) is 0 Å². The molecule has 2 aromatic rings. The molecule has 10 heteroatoms. The number of hydrazine groups is 1. The molecule has 0 bridgehead atoms. The second kappa shape index (κ2) is 15.5. The van der Waals surface area contributed by atoms with E-state index in [9.17, 15) is 19.2 Å². The van der Waals surface area contributed by atoms with Crippen molar-refractivity contribution in [3.8, 4) is 5.75 Å². The lowest BCUT2D eigenvalue weighted by molar-refractivity contribution is -0.159. The van der Waals surface area contributed by atoms with E-state index in [-0.39, 0.29) is 5.56 Å². The number of amides is 3. The molecule has 0 fully saturated rings. The van der Waals surface area contributed by atoms with Crippen LogP contribution < -0.4 is 4.74 Å². The first-order valence-electron chi connectivity index (χ1n) is 14.7. The number of benzene rings is 2. The number of hydrogen-bond acceptors (Lipinski definition) is 8. The van der Waals surface area contributed by atoms with Gasteiger partial charge in [-0.05, 0) is 98.7 Å². The van der Waals surface area contributed by atoms with Crippen LogP contribution in [-0.2, 0) is 14.3 Å². The van der Waals surface area contributed by atoms with Gasteiger partial charge in [-0.3, -0.25) is 19.3 Å². The number of rotatable bonds is 11. The van der Waals surface area contributed by atoms with Gasteiger partial charge in [0.1, 0.15) is 11.8 Å². The highest BCUT2D eigenvalue weighted by Crippen LogP contribution is 2.27. The number of aryl methyl sites for hydroxylation is 2. The van der Waals surface area contributed by atoms with Crippen LogP contribution in [0.4, 0.5) is 4.79 Å². The maximum atomic E-state index is 14.1. The Morgan fingerprint density at radius 1 is 0.860 bits per heavy atom. The van der Waals surface area contributed by atoms with Crippen molar-refractivity contribution >= 4 is 23.9 Å². The summed E-state index contributed by atoms with van der Waals surface area (Å²) in [7, 11) is 1.48. The van der Waals surface area contributed by atoms with Crippen LogP contribution in [0.1, 0.15) is 91.8 Å². The third kappa shape index (κ3) is 9.03. The standard InChI is InChI=1S/C33H47N3O7/c1-11-16-34(17-12-2)25(6)31(39)42-21-43-32(40)35(30(38)27-14-13-15-28(41-10)24(27)5)36(33(7,8)9)29(37)26-19-22(3)18-23(4)20-26/h13-15,18-20,25H,11-12,16-17,21H2,1-10H3. The van der Waals surface area contributed by atoms with Crippen molar-refractivity contribution in [1.29, 1.82) is 0 Å². The number of carbonyl (C=O) groups excluding carboxylic acids is 4. The summed E-state index contributed by atoms with van der Waals surface area (Å²) in [5.74, 6) is -1.50. The third-order valence-corrected chi connectivity index (χ3v) is 6.89. The normalized spacial score (nSPS) is 12.0. The van der Waals surface area contributed by atoms with Crippen LogP contribution in [0.3, 0.4) is 0 Å². The minimum absolute atomic E-state index is 0.138. The van der Waals surface area contributed by atoms with Crippen molar-refractivity contribution in [1.82, 2.24) is 14.9 Å². The van der Waals surface area contributed by atoms with E-state index in [0.717, 1.165) is 29.0 Å². The largest absolute Gasteiger partial charge is 0.496 e. The summed E-state index contributed by atoms with van der Waals surface area (Å²) >= 11 is 0. The summed E-state index contributed by atoms with van der Waals surface area (Å²) in [5, 5.41) is 1.76. The SMILES string of the molecule is CCCN(CCC)C(C)C(=O)OCOC(=O)N(C(=O)c1cccc(OC)c1C)N(C(=O)c1cc(C)cc(C)c1)C(C)(C)C. The highest BCUT2D eigenvalue weighted by Gasteiger charge is 2.42. The Hall–Kier alpha value is -3.92. The number of imide groups is 1. The highest BCUT2D eigenvalue weighted by atomic mass is 16.7. The number of carbonyl (C=O) groups is 4. The van der Waals surface area contributed by atoms with E-state index >= 15 is 0 Å². The van der Waals surface area contributed by atoms with Crippen LogP contribution in [0.5, 0.6) is 5.75 Å². The zero-order valence-electron chi connectivity index (χ0n) is 27.3. The van der Waals surface area contributed by atoms with E-state index in [1.165, 1.54) is 7.11 Å². The van der Waals surface area contributed by atoms with E-state index in [0.29, 0.717) is 35.0 Å². The Morgan fingerprint density at radius 3 is 1.95 bits per heavy atom. The van der Waals surface area contributed by atoms with Gasteiger partial charge in [0.15, 0.2) is 0 Å². The minimum Gasteiger partial charge on any atom is -0.496 e. The van der Waals surface area contributed by atoms with Crippen molar-refractivity contribution in [2.45, 2.75) is 86.7 Å². The van der Waals surface area contributed by atoms with Gasteiger partial charge in [0, 0.05) is 16.7 Å². The fraction of sp³-hybridized carbons (Fsp3) is 0.515. The lowest BCUT2D eigenvalue weighted by Crippen LogP contribution is -2.60. The fourth-order valence-electron chi connectivity index (χ4n) is 4.89. The van der Waals surface area contributed by atoms with Gasteiger partial charge in [0.2, 0.25) is 6.79 Å². The fourth-order valence-corrected chi connectivity index (χ4v) is 4.89. The first kappa shape index (κ1) is 35.3. The Balaban J connectivity index is 2.49. The summed E-state index contributed by atoms with van der Waals surface area (Å²) in [6.07, 6.45) is 0.564. The first-order valence-corrected chi connectivity index (χ1v) is 14.7. The minimum atomic E-state index is -1.17. The number of hydrogen-bond donors (Lipinski definition) is 0. The molecule has 1 atom stereocenters. The summed E-state index contributed by atoms with van der Waals surface area (Å²) in [6.45, 7) is 17.0. The van der Waals surface area contributed by atoms with Gasteiger partial charge in [-0.1, -0.05) is 37.1 Å². The van der Waals surface area contributed by atoms with Gasteiger partial charge >= 0.3 is 12.1 Å². The lowest BCUT2D eigenvalue weighted by atomic mass is 10.0. The van der Waals surface area contributed by atoms with Crippen LogP contribution in [0, 0.1) is 20.8 Å². The highest BCUT2D eigenvalue weighted by molar-refractivity contribution is 6.07. The van der Waals surface area contributed by atoms with Gasteiger partial charge in [0.05, 0.1) is 12.6 Å². The van der Waals surface area contributed by atoms with Crippen molar-refractivity contribution in [3.05, 3.63) is 64.2 Å². The number of ether oxygens (including phenoxy) is 3. The quantitative estimate of drug-likeness (QED) is 0.175. The molecular weight excluding hydrogens is 550 g/mol. The van der Waals surface area contributed by atoms with E-state index < -0.39 is 42.3 Å². The molecule has 0 aliphatic heterocycles. The van der Waals surface area contributed by atoms with E-state index in [1.54, 1.807) is 65.0 Å². The number of esters is 1. The summed E-state index contributed by atoms with van der Waals surface area (Å²) in [5.41, 5.74) is 1.56. The average molecular weight is 598 g/mol. The smallest absolute Gasteiger partial charge is 0.439 e. The number of methoxy groups -OCH3 is 1. The monoisotopic (exact) mass is 597 g/mol. The maximum absolute atomic E-state index is 14.1. The Morgan fingerprint density at radius 2 is 1.44 bits per heavy atom. The molecule has 2 aromatic carbocycles. The summed E-state index contributed by atoms with van der Waals surface area (Å²) < 4.78 is 16.0. The molecule has 0 aromatic heterocycles. The summed E-state index contributed by atoms with van der Waals surface area (Å²) in [6, 6.07) is 9.62. The molecule has 43 heavy (non-hydrogen) atoms. The molecule has 0 spiro atoms. The maximum Gasteiger partial charge on any atom is 0.439 e. The van der Waals surface area contributed by atoms with Crippen LogP contribution in [0.25, 0.3) is 0 Å². The second-order valence-corrected chi connectivity index (χ2v) is 11.6. The van der Waals surface area contributed by atoms with E-state index in [4.69, 9.17) is 14.2 Å². The zero-order chi connectivity index (χ0) is 32.5. The predicted molar refractivity (Wildman–Crippen MR) is 165 cm³/mol. The summed E-state index contributed by atoms with van der Waals surface area (Å²) in [4.78, 5) is 56.7. The molecule has 1 unspecified atom stereocenters. The average Bonchev–Trinajstić information content (AvgIpc) is 2.93. The van der Waals surface area contributed by atoms with Gasteiger partial charge < -0.3 is 14.2 Å². The van der Waals surface area contributed by atoms with Crippen molar-refractivity contribution in [3.63, 3.8) is 0 Å². The van der Waals surface area contributed by atoms with E-state index in [1.807, 2.05) is 38.7 Å². The van der Waals surface area contributed by atoms with Crippen LogP contribution in [0.15, 0.2) is 36.4 Å². The topological polar surface area (TPSA) is 106 Å². The Bertz CT molecular complexity index is 1280. The van der Waals surface area contributed by atoms with Gasteiger partial charge in [-0.25, -0.2) is 9.80 Å². The van der Waals surface area contributed by atoms with Gasteiger partial charge in [-0.15, -0.1) is 5.01 Å². The second-order valence-electron chi connectivity index (χ2n) is 11.6. The third-order valence-electron chi connectivity index (χ3n) is 6.89.